The van der Waals surface area contributed by atoms with Crippen molar-refractivity contribution in [1.29, 1.82) is 0 Å². The smallest absolute Gasteiger partial charge is 0.276 e. The maximum Gasteiger partial charge on any atom is 0.276 e. The Morgan fingerprint density at radius 1 is 1.13 bits per heavy atom. The Balaban J connectivity index is 1.37. The predicted molar refractivity (Wildman–Crippen MR) is 117 cm³/mol. The Kier molecular flexibility index (Phi) is 5.52. The van der Waals surface area contributed by atoms with Gasteiger partial charge in [-0.2, -0.15) is 0 Å². The third-order valence-corrected chi connectivity index (χ3v) is 7.01. The number of fused-ring (bicyclic) bond motifs is 4. The summed E-state index contributed by atoms with van der Waals surface area (Å²) in [6.45, 7) is 4.86. The number of carbonyl (C=O) groups is 1. The van der Waals surface area contributed by atoms with E-state index in [1.54, 1.807) is 25.4 Å². The summed E-state index contributed by atoms with van der Waals surface area (Å²) in [4.78, 5) is 35.0. The van der Waals surface area contributed by atoms with Crippen LogP contribution in [0.25, 0.3) is 0 Å². The highest BCUT2D eigenvalue weighted by Crippen LogP contribution is 2.36. The lowest BCUT2D eigenvalue weighted by Gasteiger charge is -2.43. The Bertz CT molecular complexity index is 1030. The van der Waals surface area contributed by atoms with Crippen molar-refractivity contribution in [3.8, 4) is 5.75 Å². The number of aromatic nitrogens is 2. The zero-order valence-corrected chi connectivity index (χ0v) is 18.1. The van der Waals surface area contributed by atoms with Gasteiger partial charge in [-0.25, -0.2) is 4.98 Å². The molecule has 2 saturated heterocycles. The summed E-state index contributed by atoms with van der Waals surface area (Å²) in [5, 5.41) is 0. The molecule has 0 saturated carbocycles. The minimum Gasteiger partial charge on any atom is -0.494 e. The molecular weight excluding hydrogens is 392 g/mol. The molecule has 7 heteroatoms. The van der Waals surface area contributed by atoms with E-state index in [1.165, 1.54) is 19.3 Å². The van der Waals surface area contributed by atoms with E-state index in [4.69, 9.17) is 4.74 Å². The summed E-state index contributed by atoms with van der Waals surface area (Å²) in [5.74, 6) is 0.877. The van der Waals surface area contributed by atoms with E-state index in [0.717, 1.165) is 37.3 Å². The number of carbonyl (C=O) groups excluding carboxylic acids is 1. The summed E-state index contributed by atoms with van der Waals surface area (Å²) < 4.78 is 7.33. The summed E-state index contributed by atoms with van der Waals surface area (Å²) in [6.07, 6.45) is 6.39. The Morgan fingerprint density at radius 2 is 1.97 bits per heavy atom. The maximum absolute atomic E-state index is 13.3. The number of rotatable bonds is 4. The van der Waals surface area contributed by atoms with E-state index in [0.29, 0.717) is 31.1 Å². The summed E-state index contributed by atoms with van der Waals surface area (Å²) in [6, 6.07) is 7.68. The molecule has 0 aromatic carbocycles. The van der Waals surface area contributed by atoms with Crippen molar-refractivity contribution < 1.29 is 9.53 Å². The SMILES string of the molecule is COc1cccnc1C(=O)N1C[C@@H]2C[C@H](C1)c1ccc(CN3CCCCC3)c(=O)n1C2. The van der Waals surface area contributed by atoms with Crippen LogP contribution in [0.1, 0.15) is 53.3 Å². The van der Waals surface area contributed by atoms with Crippen LogP contribution in [0, 0.1) is 5.92 Å². The predicted octanol–water partition coefficient (Wildman–Crippen LogP) is 2.50. The van der Waals surface area contributed by atoms with Gasteiger partial charge in [-0.3, -0.25) is 14.5 Å². The lowest BCUT2D eigenvalue weighted by molar-refractivity contribution is 0.0584. The van der Waals surface area contributed by atoms with Gasteiger partial charge in [0.2, 0.25) is 0 Å². The van der Waals surface area contributed by atoms with Crippen LogP contribution in [-0.4, -0.2) is 58.5 Å². The fraction of sp³-hybridized carbons (Fsp3) is 0.542. The molecule has 7 nitrogen and oxygen atoms in total. The van der Waals surface area contributed by atoms with Gasteiger partial charge in [0.1, 0.15) is 5.75 Å². The van der Waals surface area contributed by atoms with Gasteiger partial charge in [-0.05, 0) is 56.5 Å². The molecule has 2 aromatic rings. The van der Waals surface area contributed by atoms with Gasteiger partial charge < -0.3 is 14.2 Å². The van der Waals surface area contributed by atoms with Crippen LogP contribution in [0.3, 0.4) is 0 Å². The van der Waals surface area contributed by atoms with Crippen LogP contribution in [0.5, 0.6) is 5.75 Å². The zero-order chi connectivity index (χ0) is 21.4. The third kappa shape index (κ3) is 3.87. The number of hydrogen-bond donors (Lipinski definition) is 0. The average molecular weight is 423 g/mol. The molecule has 3 aliphatic heterocycles. The van der Waals surface area contributed by atoms with Gasteiger partial charge in [-0.1, -0.05) is 12.5 Å². The molecule has 0 spiro atoms. The van der Waals surface area contributed by atoms with Gasteiger partial charge in [0.15, 0.2) is 5.69 Å². The van der Waals surface area contributed by atoms with E-state index in [2.05, 4.69) is 16.0 Å². The fourth-order valence-electron chi connectivity index (χ4n) is 5.50. The molecule has 0 unspecified atom stereocenters. The second kappa shape index (κ2) is 8.46. The van der Waals surface area contributed by atoms with Crippen molar-refractivity contribution >= 4 is 5.91 Å². The van der Waals surface area contributed by atoms with Crippen molar-refractivity contribution in [2.45, 2.75) is 44.7 Å². The highest BCUT2D eigenvalue weighted by molar-refractivity contribution is 5.95. The van der Waals surface area contributed by atoms with Crippen LogP contribution >= 0.6 is 0 Å². The Hall–Kier alpha value is -2.67. The largest absolute Gasteiger partial charge is 0.494 e. The van der Waals surface area contributed by atoms with Crippen LogP contribution in [0.2, 0.25) is 0 Å². The summed E-state index contributed by atoms with van der Waals surface area (Å²) in [5.41, 5.74) is 2.48. The van der Waals surface area contributed by atoms with Crippen LogP contribution in [0.4, 0.5) is 0 Å². The third-order valence-electron chi connectivity index (χ3n) is 7.01. The van der Waals surface area contributed by atoms with Crippen molar-refractivity contribution in [3.05, 3.63) is 57.8 Å². The highest BCUT2D eigenvalue weighted by atomic mass is 16.5. The minimum absolute atomic E-state index is 0.0929. The molecule has 5 heterocycles. The first-order chi connectivity index (χ1) is 15.1. The molecular formula is C24H30N4O3. The number of hydrogen-bond acceptors (Lipinski definition) is 5. The number of nitrogens with zero attached hydrogens (tertiary/aromatic N) is 4. The zero-order valence-electron chi connectivity index (χ0n) is 18.1. The monoisotopic (exact) mass is 422 g/mol. The van der Waals surface area contributed by atoms with Gasteiger partial charge in [0, 0.05) is 49.6 Å². The number of methoxy groups -OCH3 is 1. The van der Waals surface area contributed by atoms with E-state index in [1.807, 2.05) is 15.5 Å². The number of piperidine rings is 2. The van der Waals surface area contributed by atoms with Gasteiger partial charge in [0.25, 0.3) is 11.5 Å². The molecule has 0 aliphatic carbocycles. The first-order valence-corrected chi connectivity index (χ1v) is 11.4. The van der Waals surface area contributed by atoms with Gasteiger partial charge >= 0.3 is 0 Å². The summed E-state index contributed by atoms with van der Waals surface area (Å²) >= 11 is 0. The molecule has 5 rings (SSSR count). The molecule has 0 radical (unpaired) electrons. The van der Waals surface area contributed by atoms with Crippen molar-refractivity contribution in [2.24, 2.45) is 5.92 Å². The average Bonchev–Trinajstić information content (AvgIpc) is 2.81. The van der Waals surface area contributed by atoms with E-state index in [9.17, 15) is 9.59 Å². The Labute approximate surface area is 182 Å². The molecule has 2 aromatic heterocycles. The van der Waals surface area contributed by atoms with E-state index in [-0.39, 0.29) is 23.3 Å². The van der Waals surface area contributed by atoms with E-state index < -0.39 is 0 Å². The molecule has 2 fully saturated rings. The minimum atomic E-state index is -0.0929. The van der Waals surface area contributed by atoms with Gasteiger partial charge in [0.05, 0.1) is 7.11 Å². The molecule has 3 aliphatic rings. The van der Waals surface area contributed by atoms with Crippen molar-refractivity contribution in [3.63, 3.8) is 0 Å². The molecule has 1 amide bonds. The summed E-state index contributed by atoms with van der Waals surface area (Å²) in [7, 11) is 1.56. The molecule has 0 N–H and O–H groups in total. The maximum atomic E-state index is 13.3. The van der Waals surface area contributed by atoms with E-state index >= 15 is 0 Å². The number of likely N-dealkylation sites (tertiary alicyclic amines) is 2. The van der Waals surface area contributed by atoms with Crippen molar-refractivity contribution in [2.75, 3.05) is 33.3 Å². The highest BCUT2D eigenvalue weighted by Gasteiger charge is 2.37. The lowest BCUT2D eigenvalue weighted by Crippen LogP contribution is -2.49. The van der Waals surface area contributed by atoms with Crippen LogP contribution in [0.15, 0.2) is 35.3 Å². The standard InChI is InChI=1S/C24H30N4O3/c1-31-21-6-5-9-25-22(21)24(30)27-13-17-12-19(16-27)20-8-7-18(23(29)28(20)14-17)15-26-10-3-2-4-11-26/h5-9,17,19H,2-4,10-16H2,1H3/t17-,19+/m0/s1. The Morgan fingerprint density at radius 3 is 2.77 bits per heavy atom. The quantitative estimate of drug-likeness (QED) is 0.757. The number of pyridine rings is 2. The van der Waals surface area contributed by atoms with Crippen LogP contribution in [-0.2, 0) is 13.1 Å². The topological polar surface area (TPSA) is 67.7 Å². The molecule has 2 atom stereocenters. The first kappa shape index (κ1) is 20.2. The first-order valence-electron chi connectivity index (χ1n) is 11.4. The molecule has 31 heavy (non-hydrogen) atoms. The van der Waals surface area contributed by atoms with Crippen molar-refractivity contribution in [1.82, 2.24) is 19.4 Å². The van der Waals surface area contributed by atoms with Gasteiger partial charge in [-0.15, -0.1) is 0 Å². The number of amides is 1. The van der Waals surface area contributed by atoms with Crippen LogP contribution < -0.4 is 10.3 Å². The normalized spacial score (nSPS) is 23.3. The number of ether oxygens (including phenoxy) is 1. The molecule has 2 bridgehead atoms. The lowest BCUT2D eigenvalue weighted by atomic mass is 9.82. The second-order valence-corrected chi connectivity index (χ2v) is 9.10. The molecule has 164 valence electrons. The second-order valence-electron chi connectivity index (χ2n) is 9.10. The fourth-order valence-corrected chi connectivity index (χ4v) is 5.50.